The van der Waals surface area contributed by atoms with E-state index in [1.54, 1.807) is 26.0 Å². The molecular weight excluding hydrogens is 293 g/mol. The Kier molecular flexibility index (Phi) is 7.58. The molecule has 1 unspecified atom stereocenters. The second-order valence-electron chi connectivity index (χ2n) is 4.00. The summed E-state index contributed by atoms with van der Waals surface area (Å²) in [7, 11) is -2.33. The smallest absolute Gasteiger partial charge is 0.373 e. The fraction of sp³-hybridized carbons (Fsp3) is 0.500. The van der Waals surface area contributed by atoms with Crippen molar-refractivity contribution in [2.24, 2.45) is 0 Å². The molecule has 0 fully saturated rings. The van der Waals surface area contributed by atoms with E-state index in [2.05, 4.69) is 0 Å². The van der Waals surface area contributed by atoms with Gasteiger partial charge in [0.05, 0.1) is 19.3 Å². The molecule has 0 spiro atoms. The topological polar surface area (TPSA) is 77.8 Å². The molecule has 0 aliphatic carbocycles. The molecule has 0 saturated heterocycles. The summed E-state index contributed by atoms with van der Waals surface area (Å²) in [5.74, 6) is 0. The van der Waals surface area contributed by atoms with Gasteiger partial charge in [-0.05, 0) is 19.4 Å². The molecule has 0 aromatic heterocycles. The maximum Gasteiger partial charge on any atom is 0.476 e. The van der Waals surface area contributed by atoms with Crippen LogP contribution in [0.2, 0.25) is 0 Å². The van der Waals surface area contributed by atoms with Crippen molar-refractivity contribution in [2.75, 3.05) is 20.3 Å². The van der Waals surface area contributed by atoms with Gasteiger partial charge in [-0.3, -0.25) is 13.6 Å². The van der Waals surface area contributed by atoms with Gasteiger partial charge in [0, 0.05) is 7.11 Å². The summed E-state index contributed by atoms with van der Waals surface area (Å²) in [5, 5.41) is 9.30. The summed E-state index contributed by atoms with van der Waals surface area (Å²) in [4.78, 5) is 0. The molecule has 0 saturated carbocycles. The molecule has 7 heteroatoms. The highest BCUT2D eigenvalue weighted by Gasteiger charge is 2.35. The number of hydrogen-bond acceptors (Lipinski definition) is 6. The quantitative estimate of drug-likeness (QED) is 0.650. The lowest BCUT2D eigenvalue weighted by molar-refractivity contribution is 0.00253. The molecule has 21 heavy (non-hydrogen) atoms. The molecule has 1 rings (SSSR count). The first-order valence-electron chi connectivity index (χ1n) is 6.65. The highest BCUT2D eigenvalue weighted by molar-refractivity contribution is 7.48. The van der Waals surface area contributed by atoms with E-state index in [0.29, 0.717) is 0 Å². The molecule has 1 aromatic rings. The molecule has 0 N–H and O–H groups in total. The molecule has 6 nitrogen and oxygen atoms in total. The maximum atomic E-state index is 12.4. The lowest BCUT2D eigenvalue weighted by Gasteiger charge is -2.24. The van der Waals surface area contributed by atoms with Gasteiger partial charge in [-0.25, -0.2) is 4.57 Å². The highest BCUT2D eigenvalue weighted by Crippen LogP contribution is 2.51. The predicted molar refractivity (Wildman–Crippen MR) is 77.5 cm³/mol. The van der Waals surface area contributed by atoms with Crippen molar-refractivity contribution in [1.82, 2.24) is 0 Å². The minimum atomic E-state index is -3.78. The Balaban J connectivity index is 2.95. The Morgan fingerprint density at radius 1 is 1.19 bits per heavy atom. The van der Waals surface area contributed by atoms with Crippen molar-refractivity contribution < 1.29 is 22.9 Å². The molecule has 0 amide bonds. The second-order valence-corrected chi connectivity index (χ2v) is 5.63. The average Bonchev–Trinajstić information content (AvgIpc) is 2.48. The Morgan fingerprint density at radius 2 is 1.76 bits per heavy atom. The largest absolute Gasteiger partial charge is 0.476 e. The van der Waals surface area contributed by atoms with Crippen molar-refractivity contribution in [3.63, 3.8) is 0 Å². The maximum absolute atomic E-state index is 12.4. The zero-order valence-electron chi connectivity index (χ0n) is 12.4. The molecule has 116 valence electrons. The van der Waals surface area contributed by atoms with E-state index in [9.17, 15) is 9.83 Å². The fourth-order valence-corrected chi connectivity index (χ4v) is 3.04. The van der Waals surface area contributed by atoms with Crippen LogP contribution in [0.15, 0.2) is 30.3 Å². The molecule has 0 radical (unpaired) electrons. The van der Waals surface area contributed by atoms with E-state index in [4.69, 9.17) is 18.3 Å². The molecular formula is C14H20NO5P. The third-order valence-electron chi connectivity index (χ3n) is 2.60. The number of nitrogens with zero attached hydrogens (tertiary/aromatic N) is 1. The van der Waals surface area contributed by atoms with Gasteiger partial charge in [0.2, 0.25) is 0 Å². The summed E-state index contributed by atoms with van der Waals surface area (Å²) in [5.41, 5.74) is 0.742. The van der Waals surface area contributed by atoms with Gasteiger partial charge in [-0.1, -0.05) is 30.3 Å². The molecule has 0 aliphatic rings. The summed E-state index contributed by atoms with van der Waals surface area (Å²) >= 11 is 0. The van der Waals surface area contributed by atoms with Gasteiger partial charge in [-0.15, -0.1) is 0 Å². The van der Waals surface area contributed by atoms with Crippen molar-refractivity contribution in [2.45, 2.75) is 26.1 Å². The molecule has 0 bridgehead atoms. The van der Waals surface area contributed by atoms with Gasteiger partial charge >= 0.3 is 7.82 Å². The normalized spacial score (nSPS) is 14.4. The lowest BCUT2D eigenvalue weighted by atomic mass is 10.1. The van der Waals surface area contributed by atoms with E-state index >= 15 is 0 Å². The number of methoxy groups -OCH3 is 1. The Hall–Kier alpha value is -1.22. The summed E-state index contributed by atoms with van der Waals surface area (Å²) < 4.78 is 33.0. The first kappa shape index (κ1) is 17.8. The summed E-state index contributed by atoms with van der Waals surface area (Å²) in [6.07, 6.45) is -1.80. The Bertz CT molecular complexity index is 492. The van der Waals surface area contributed by atoms with Crippen molar-refractivity contribution in [1.29, 1.82) is 5.26 Å². The van der Waals surface area contributed by atoms with Gasteiger partial charge in [0.25, 0.3) is 0 Å². The van der Waals surface area contributed by atoms with E-state index in [0.717, 1.165) is 5.56 Å². The van der Waals surface area contributed by atoms with Crippen LogP contribution in [0.5, 0.6) is 0 Å². The van der Waals surface area contributed by atoms with Crippen LogP contribution < -0.4 is 0 Å². The number of phosphoric ester groups is 1. The van der Waals surface area contributed by atoms with Crippen molar-refractivity contribution in [3.8, 4) is 6.07 Å². The van der Waals surface area contributed by atoms with Gasteiger partial charge in [-0.2, -0.15) is 5.26 Å². The number of benzene rings is 1. The van der Waals surface area contributed by atoms with E-state index in [-0.39, 0.29) is 13.2 Å². The molecule has 2 atom stereocenters. The number of hydrogen-bond donors (Lipinski definition) is 0. The van der Waals surface area contributed by atoms with E-state index in [1.807, 2.05) is 24.3 Å². The van der Waals surface area contributed by atoms with E-state index < -0.39 is 20.0 Å². The number of ether oxygens (including phenoxy) is 1. The summed E-state index contributed by atoms with van der Waals surface area (Å²) in [6, 6.07) is 11.0. The van der Waals surface area contributed by atoms with Crippen molar-refractivity contribution in [3.05, 3.63) is 35.9 Å². The number of phosphoric acid groups is 1. The van der Waals surface area contributed by atoms with Crippen LogP contribution in [0, 0.1) is 11.3 Å². The Labute approximate surface area is 125 Å². The van der Waals surface area contributed by atoms with E-state index in [1.165, 1.54) is 7.11 Å². The minimum Gasteiger partial charge on any atom is -0.373 e. The molecule has 1 aromatic carbocycles. The number of rotatable bonds is 9. The van der Waals surface area contributed by atoms with Crippen LogP contribution in [0.1, 0.15) is 25.5 Å². The number of nitriles is 1. The SMILES string of the molecule is CCOP(=O)(OCC)OC(C#N)[C@@H](OC)c1ccccc1. The highest BCUT2D eigenvalue weighted by atomic mass is 31.2. The first-order valence-corrected chi connectivity index (χ1v) is 8.11. The zero-order chi connectivity index (χ0) is 15.7. The fourth-order valence-electron chi connectivity index (χ4n) is 1.78. The molecule has 0 aliphatic heterocycles. The summed E-state index contributed by atoms with van der Waals surface area (Å²) in [6.45, 7) is 3.64. The first-order chi connectivity index (χ1) is 10.1. The standard InChI is InChI=1S/C14H20NO5P/c1-4-18-21(16,19-5-2)20-13(11-15)14(17-3)12-9-7-6-8-10-12/h6-10,13-14H,4-5H2,1-3H3/t13?,14-/m0/s1. The van der Waals surface area contributed by atoms with Crippen LogP contribution in [-0.2, 0) is 22.9 Å². The third kappa shape index (κ3) is 5.24. The third-order valence-corrected chi connectivity index (χ3v) is 4.24. The van der Waals surface area contributed by atoms with Crippen LogP contribution in [0.4, 0.5) is 0 Å². The minimum absolute atomic E-state index is 0.151. The van der Waals surface area contributed by atoms with Gasteiger partial charge < -0.3 is 4.74 Å². The van der Waals surface area contributed by atoms with Crippen molar-refractivity contribution >= 4 is 7.82 Å². The van der Waals surface area contributed by atoms with Crippen LogP contribution in [0.25, 0.3) is 0 Å². The van der Waals surface area contributed by atoms with Crippen LogP contribution >= 0.6 is 7.82 Å². The zero-order valence-corrected chi connectivity index (χ0v) is 13.3. The predicted octanol–water partition coefficient (Wildman–Crippen LogP) is 3.46. The monoisotopic (exact) mass is 313 g/mol. The van der Waals surface area contributed by atoms with Gasteiger partial charge in [0.1, 0.15) is 6.10 Å². The second kappa shape index (κ2) is 8.93. The lowest BCUT2D eigenvalue weighted by Crippen LogP contribution is -2.22. The van der Waals surface area contributed by atoms with Gasteiger partial charge in [0.15, 0.2) is 6.10 Å². The molecule has 0 heterocycles. The Morgan fingerprint density at radius 3 is 2.19 bits per heavy atom. The average molecular weight is 313 g/mol. The van der Waals surface area contributed by atoms with Crippen LogP contribution in [-0.4, -0.2) is 26.4 Å². The van der Waals surface area contributed by atoms with Crippen LogP contribution in [0.3, 0.4) is 0 Å².